The van der Waals surface area contributed by atoms with Crippen LogP contribution in [-0.2, 0) is 13.1 Å². The van der Waals surface area contributed by atoms with Gasteiger partial charge in [-0.1, -0.05) is 30.9 Å². The zero-order valence-electron chi connectivity index (χ0n) is 14.8. The van der Waals surface area contributed by atoms with Crippen molar-refractivity contribution in [1.82, 2.24) is 4.90 Å². The van der Waals surface area contributed by atoms with Crippen molar-refractivity contribution in [2.45, 2.75) is 13.1 Å². The van der Waals surface area contributed by atoms with Gasteiger partial charge in [0.05, 0.1) is 12.8 Å². The lowest BCUT2D eigenvalue weighted by Gasteiger charge is -2.22. The van der Waals surface area contributed by atoms with Crippen LogP contribution in [0.3, 0.4) is 0 Å². The molecular formula is C22H20FNO3. The Morgan fingerprint density at radius 1 is 1.07 bits per heavy atom. The van der Waals surface area contributed by atoms with E-state index in [1.807, 2.05) is 0 Å². The van der Waals surface area contributed by atoms with Gasteiger partial charge in [0.1, 0.15) is 23.9 Å². The third kappa shape index (κ3) is 4.85. The second-order valence-corrected chi connectivity index (χ2v) is 5.96. The number of amides is 1. The molecule has 0 aliphatic heterocycles. The van der Waals surface area contributed by atoms with E-state index in [1.54, 1.807) is 71.8 Å². The van der Waals surface area contributed by atoms with Gasteiger partial charge in [0.2, 0.25) is 0 Å². The monoisotopic (exact) mass is 365 g/mol. The number of carbonyl (C=O) groups is 1. The molecule has 3 rings (SSSR count). The summed E-state index contributed by atoms with van der Waals surface area (Å²) in [5.74, 6) is 0.719. The first kappa shape index (κ1) is 18.5. The van der Waals surface area contributed by atoms with Crippen LogP contribution in [0.2, 0.25) is 0 Å². The van der Waals surface area contributed by atoms with E-state index < -0.39 is 0 Å². The van der Waals surface area contributed by atoms with Crippen LogP contribution in [0, 0.1) is 5.82 Å². The van der Waals surface area contributed by atoms with Crippen molar-refractivity contribution in [3.05, 3.63) is 102 Å². The number of ether oxygens (including phenoxy) is 1. The van der Waals surface area contributed by atoms with Crippen LogP contribution >= 0.6 is 0 Å². The first-order valence-electron chi connectivity index (χ1n) is 8.56. The fourth-order valence-corrected chi connectivity index (χ4v) is 2.65. The largest absolute Gasteiger partial charge is 0.490 e. The summed E-state index contributed by atoms with van der Waals surface area (Å²) in [6, 6.07) is 16.8. The number of benzene rings is 2. The molecule has 0 aliphatic carbocycles. The van der Waals surface area contributed by atoms with Gasteiger partial charge in [-0.05, 0) is 42.5 Å². The molecule has 27 heavy (non-hydrogen) atoms. The fraction of sp³-hybridized carbons (Fsp3) is 0.136. The zero-order valence-corrected chi connectivity index (χ0v) is 14.8. The second kappa shape index (κ2) is 8.85. The Morgan fingerprint density at radius 2 is 1.85 bits per heavy atom. The van der Waals surface area contributed by atoms with Crippen LogP contribution in [0.15, 0.2) is 84.0 Å². The van der Waals surface area contributed by atoms with E-state index in [2.05, 4.69) is 6.58 Å². The summed E-state index contributed by atoms with van der Waals surface area (Å²) in [6.07, 6.45) is 3.20. The molecule has 1 amide bonds. The molecule has 3 aromatic rings. The van der Waals surface area contributed by atoms with Crippen LogP contribution in [0.1, 0.15) is 21.7 Å². The molecular weight excluding hydrogens is 345 g/mol. The summed E-state index contributed by atoms with van der Waals surface area (Å²) in [4.78, 5) is 14.6. The highest BCUT2D eigenvalue weighted by Gasteiger charge is 2.19. The van der Waals surface area contributed by atoms with Gasteiger partial charge in [0.25, 0.3) is 5.91 Å². The molecule has 0 saturated heterocycles. The van der Waals surface area contributed by atoms with Gasteiger partial charge in [-0.15, -0.1) is 0 Å². The normalized spacial score (nSPS) is 10.4. The Labute approximate surface area is 157 Å². The van der Waals surface area contributed by atoms with Gasteiger partial charge >= 0.3 is 0 Å². The molecule has 0 aliphatic rings. The van der Waals surface area contributed by atoms with Gasteiger partial charge in [-0.3, -0.25) is 4.79 Å². The standard InChI is InChI=1S/C22H20FNO3/c1-2-13-26-19-11-9-17(10-12-19)22(25)24(16-20-7-5-14-27-20)15-18-6-3-4-8-21(18)23/h2-12,14H,1,13,15-16H2. The minimum absolute atomic E-state index is 0.140. The smallest absolute Gasteiger partial charge is 0.254 e. The molecule has 0 radical (unpaired) electrons. The third-order valence-electron chi connectivity index (χ3n) is 4.00. The van der Waals surface area contributed by atoms with E-state index in [9.17, 15) is 9.18 Å². The predicted octanol–water partition coefficient (Wildman–Crippen LogP) is 4.83. The first-order chi connectivity index (χ1) is 13.2. The summed E-state index contributed by atoms with van der Waals surface area (Å²) in [6.45, 7) is 4.38. The zero-order chi connectivity index (χ0) is 19.1. The molecule has 0 spiro atoms. The Hall–Kier alpha value is -3.34. The maximum Gasteiger partial charge on any atom is 0.254 e. The molecule has 1 aromatic heterocycles. The van der Waals surface area contributed by atoms with Gasteiger partial charge in [-0.2, -0.15) is 0 Å². The summed E-state index contributed by atoms with van der Waals surface area (Å²) in [5, 5.41) is 0. The minimum atomic E-state index is -0.345. The van der Waals surface area contributed by atoms with Gasteiger partial charge < -0.3 is 14.1 Å². The Kier molecular flexibility index (Phi) is 6.05. The first-order valence-corrected chi connectivity index (χ1v) is 8.56. The molecule has 0 atom stereocenters. The van der Waals surface area contributed by atoms with E-state index in [0.29, 0.717) is 29.2 Å². The van der Waals surface area contributed by atoms with E-state index >= 15 is 0 Å². The van der Waals surface area contributed by atoms with E-state index in [-0.39, 0.29) is 24.8 Å². The maximum atomic E-state index is 14.1. The van der Waals surface area contributed by atoms with Gasteiger partial charge in [0, 0.05) is 17.7 Å². The summed E-state index contributed by atoms with van der Waals surface area (Å²) >= 11 is 0. The number of nitrogens with zero attached hydrogens (tertiary/aromatic N) is 1. The van der Waals surface area contributed by atoms with E-state index in [0.717, 1.165) is 0 Å². The van der Waals surface area contributed by atoms with Crippen LogP contribution in [-0.4, -0.2) is 17.4 Å². The highest BCUT2D eigenvalue weighted by Crippen LogP contribution is 2.18. The second-order valence-electron chi connectivity index (χ2n) is 5.96. The lowest BCUT2D eigenvalue weighted by atomic mass is 10.1. The number of halogens is 1. The van der Waals surface area contributed by atoms with Crippen molar-refractivity contribution in [3.8, 4) is 5.75 Å². The molecule has 0 bridgehead atoms. The predicted molar refractivity (Wildman–Crippen MR) is 101 cm³/mol. The van der Waals surface area contributed by atoms with Gasteiger partial charge in [0.15, 0.2) is 0 Å². The van der Waals surface area contributed by atoms with Crippen LogP contribution in [0.5, 0.6) is 5.75 Å². The van der Waals surface area contributed by atoms with Gasteiger partial charge in [-0.25, -0.2) is 4.39 Å². The summed E-state index contributed by atoms with van der Waals surface area (Å²) in [5.41, 5.74) is 0.937. The Balaban J connectivity index is 1.81. The Morgan fingerprint density at radius 3 is 2.52 bits per heavy atom. The number of hydrogen-bond acceptors (Lipinski definition) is 3. The summed E-state index contributed by atoms with van der Waals surface area (Å²) < 4.78 is 24.9. The molecule has 5 heteroatoms. The highest BCUT2D eigenvalue weighted by molar-refractivity contribution is 5.94. The van der Waals surface area contributed by atoms with Crippen molar-refractivity contribution >= 4 is 5.91 Å². The maximum absolute atomic E-state index is 14.1. The van der Waals surface area contributed by atoms with E-state index in [4.69, 9.17) is 9.15 Å². The number of carbonyl (C=O) groups excluding carboxylic acids is 1. The lowest BCUT2D eigenvalue weighted by Crippen LogP contribution is -2.30. The highest BCUT2D eigenvalue weighted by atomic mass is 19.1. The SMILES string of the molecule is C=CCOc1ccc(C(=O)N(Cc2ccco2)Cc2ccccc2F)cc1. The molecule has 4 nitrogen and oxygen atoms in total. The van der Waals surface area contributed by atoms with Crippen LogP contribution < -0.4 is 4.74 Å². The molecule has 2 aromatic carbocycles. The molecule has 0 N–H and O–H groups in total. The summed E-state index contributed by atoms with van der Waals surface area (Å²) in [7, 11) is 0. The van der Waals surface area contributed by atoms with Crippen LogP contribution in [0.25, 0.3) is 0 Å². The Bertz CT molecular complexity index is 888. The fourth-order valence-electron chi connectivity index (χ4n) is 2.65. The van der Waals surface area contributed by atoms with Crippen molar-refractivity contribution < 1.29 is 18.3 Å². The molecule has 0 saturated carbocycles. The number of furan rings is 1. The number of rotatable bonds is 8. The van der Waals surface area contributed by atoms with E-state index in [1.165, 1.54) is 6.07 Å². The van der Waals surface area contributed by atoms with Crippen molar-refractivity contribution in [3.63, 3.8) is 0 Å². The minimum Gasteiger partial charge on any atom is -0.490 e. The number of hydrogen-bond donors (Lipinski definition) is 0. The molecule has 0 fully saturated rings. The molecule has 138 valence electrons. The average Bonchev–Trinajstić information content (AvgIpc) is 3.20. The van der Waals surface area contributed by atoms with Crippen molar-refractivity contribution in [2.24, 2.45) is 0 Å². The lowest BCUT2D eigenvalue weighted by molar-refractivity contribution is 0.0716. The quantitative estimate of drug-likeness (QED) is 0.537. The molecule has 0 unspecified atom stereocenters. The van der Waals surface area contributed by atoms with Crippen LogP contribution in [0.4, 0.5) is 4.39 Å². The topological polar surface area (TPSA) is 42.7 Å². The van der Waals surface area contributed by atoms with Crippen molar-refractivity contribution in [1.29, 1.82) is 0 Å². The average molecular weight is 365 g/mol. The van der Waals surface area contributed by atoms with Crippen molar-refractivity contribution in [2.75, 3.05) is 6.61 Å². The third-order valence-corrected chi connectivity index (χ3v) is 4.00. The molecule has 1 heterocycles.